The summed E-state index contributed by atoms with van der Waals surface area (Å²) in [5.41, 5.74) is 14.9. The monoisotopic (exact) mass is 766 g/mol. The SMILES string of the molecule is c1ccc(-c2ccc(N(c3ccc(-c4cccc5ccc6nc(-c7ccccc7)oc6c45)c(-c4ccccc4)c3)c3ccccc3-c3cccc4ccccc34)cc2)cc1. The van der Waals surface area contributed by atoms with Crippen molar-refractivity contribution in [1.82, 2.24) is 4.98 Å². The van der Waals surface area contributed by atoms with E-state index in [0.717, 1.165) is 72.3 Å². The molecule has 1 aromatic heterocycles. The molecule has 0 bridgehead atoms. The Morgan fingerprint density at radius 2 is 0.933 bits per heavy atom. The van der Waals surface area contributed by atoms with Gasteiger partial charge in [-0.2, -0.15) is 0 Å². The van der Waals surface area contributed by atoms with Crippen molar-refractivity contribution < 1.29 is 4.42 Å². The second kappa shape index (κ2) is 15.1. The molecule has 0 saturated carbocycles. The Morgan fingerprint density at radius 3 is 1.72 bits per heavy atom. The molecule has 60 heavy (non-hydrogen) atoms. The lowest BCUT2D eigenvalue weighted by molar-refractivity contribution is 0.623. The molecule has 0 saturated heterocycles. The number of rotatable bonds is 8. The third kappa shape index (κ3) is 6.30. The van der Waals surface area contributed by atoms with Crippen molar-refractivity contribution in [2.24, 2.45) is 0 Å². The molecule has 0 amide bonds. The number of anilines is 3. The number of fused-ring (bicyclic) bond motifs is 4. The number of nitrogens with zero attached hydrogens (tertiary/aromatic N) is 2. The van der Waals surface area contributed by atoms with Gasteiger partial charge in [0.2, 0.25) is 5.89 Å². The van der Waals surface area contributed by atoms with Gasteiger partial charge in [-0.3, -0.25) is 0 Å². The molecule has 0 N–H and O–H groups in total. The maximum atomic E-state index is 6.66. The van der Waals surface area contributed by atoms with Gasteiger partial charge < -0.3 is 9.32 Å². The van der Waals surface area contributed by atoms with Crippen LogP contribution in [0.1, 0.15) is 0 Å². The molecule has 0 aliphatic heterocycles. The predicted molar refractivity (Wildman–Crippen MR) is 251 cm³/mol. The zero-order valence-electron chi connectivity index (χ0n) is 32.7. The van der Waals surface area contributed by atoms with Crippen LogP contribution in [-0.4, -0.2) is 4.98 Å². The van der Waals surface area contributed by atoms with E-state index >= 15 is 0 Å². The zero-order chi connectivity index (χ0) is 39.8. The minimum absolute atomic E-state index is 0.616. The van der Waals surface area contributed by atoms with Crippen molar-refractivity contribution in [1.29, 1.82) is 0 Å². The quantitative estimate of drug-likeness (QED) is 0.154. The highest BCUT2D eigenvalue weighted by atomic mass is 16.3. The first kappa shape index (κ1) is 35.2. The van der Waals surface area contributed by atoms with Crippen LogP contribution in [0, 0.1) is 0 Å². The fraction of sp³-hybridized carbons (Fsp3) is 0. The molecule has 3 nitrogen and oxygen atoms in total. The summed E-state index contributed by atoms with van der Waals surface area (Å²) in [5, 5.41) is 4.58. The minimum atomic E-state index is 0.616. The van der Waals surface area contributed by atoms with E-state index in [2.05, 4.69) is 205 Å². The predicted octanol–water partition coefficient (Wildman–Crippen LogP) is 15.9. The average Bonchev–Trinajstić information content (AvgIpc) is 3.78. The summed E-state index contributed by atoms with van der Waals surface area (Å²) in [5.74, 6) is 0.616. The second-order valence-corrected chi connectivity index (χ2v) is 15.1. The van der Waals surface area contributed by atoms with Gasteiger partial charge in [-0.1, -0.05) is 182 Å². The van der Waals surface area contributed by atoms with E-state index in [1.807, 2.05) is 30.3 Å². The molecule has 0 radical (unpaired) electrons. The Balaban J connectivity index is 1.14. The Morgan fingerprint density at radius 1 is 0.350 bits per heavy atom. The smallest absolute Gasteiger partial charge is 0.227 e. The first-order valence-electron chi connectivity index (χ1n) is 20.4. The van der Waals surface area contributed by atoms with Crippen LogP contribution in [0.5, 0.6) is 0 Å². The highest BCUT2D eigenvalue weighted by Gasteiger charge is 2.22. The number of oxazole rings is 1. The van der Waals surface area contributed by atoms with E-state index in [-0.39, 0.29) is 0 Å². The lowest BCUT2D eigenvalue weighted by Gasteiger charge is -2.29. The van der Waals surface area contributed by atoms with E-state index in [0.29, 0.717) is 5.89 Å². The van der Waals surface area contributed by atoms with Crippen molar-refractivity contribution in [3.63, 3.8) is 0 Å². The largest absolute Gasteiger partial charge is 0.435 e. The van der Waals surface area contributed by atoms with Crippen LogP contribution < -0.4 is 4.90 Å². The molecule has 0 spiro atoms. The Kier molecular flexibility index (Phi) is 8.83. The summed E-state index contributed by atoms with van der Waals surface area (Å²) in [6, 6.07) is 82.0. The molecule has 0 unspecified atom stereocenters. The topological polar surface area (TPSA) is 29.3 Å². The lowest BCUT2D eigenvalue weighted by atomic mass is 9.90. The summed E-state index contributed by atoms with van der Waals surface area (Å²) in [7, 11) is 0. The first-order chi connectivity index (χ1) is 29.8. The number of hydrogen-bond acceptors (Lipinski definition) is 3. The summed E-state index contributed by atoms with van der Waals surface area (Å²) in [6.45, 7) is 0. The molecule has 1 heterocycles. The van der Waals surface area contributed by atoms with Gasteiger partial charge in [-0.05, 0) is 104 Å². The van der Waals surface area contributed by atoms with Gasteiger partial charge in [0.25, 0.3) is 0 Å². The summed E-state index contributed by atoms with van der Waals surface area (Å²) < 4.78 is 6.66. The molecular weight excluding hydrogens is 729 g/mol. The molecule has 10 aromatic carbocycles. The van der Waals surface area contributed by atoms with E-state index in [9.17, 15) is 0 Å². The fourth-order valence-electron chi connectivity index (χ4n) is 8.66. The molecule has 0 aliphatic rings. The molecular formula is C57H38N2O. The Bertz CT molecular complexity index is 3290. The first-order valence-corrected chi connectivity index (χ1v) is 20.4. The molecule has 282 valence electrons. The third-order valence-corrected chi connectivity index (χ3v) is 11.5. The van der Waals surface area contributed by atoms with Crippen LogP contribution in [-0.2, 0) is 0 Å². The van der Waals surface area contributed by atoms with Crippen LogP contribution in [0.25, 0.3) is 88.6 Å². The number of para-hydroxylation sites is 1. The standard InChI is InChI=1S/C57H38N2O/c1-4-16-39(17-5-1)40-30-33-45(34-31-40)59(54-29-13-12-26-50(54)48-27-14-23-41-20-10-11-25-47(41)48)46-35-36-49(52(38-46)42-18-6-2-7-19-42)51-28-15-24-43-32-37-53-56(55(43)51)60-57(58-53)44-21-8-3-9-22-44/h1-38H. The van der Waals surface area contributed by atoms with Crippen molar-refractivity contribution in [3.05, 3.63) is 231 Å². The highest BCUT2D eigenvalue weighted by Crippen LogP contribution is 2.47. The van der Waals surface area contributed by atoms with E-state index in [1.165, 1.54) is 27.5 Å². The number of benzene rings is 10. The molecule has 0 atom stereocenters. The Hall–Kier alpha value is -8.01. The van der Waals surface area contributed by atoms with E-state index in [1.54, 1.807) is 0 Å². The van der Waals surface area contributed by atoms with Gasteiger partial charge in [0.1, 0.15) is 5.52 Å². The maximum absolute atomic E-state index is 6.66. The van der Waals surface area contributed by atoms with Crippen LogP contribution in [0.3, 0.4) is 0 Å². The highest BCUT2D eigenvalue weighted by molar-refractivity contribution is 6.13. The normalized spacial score (nSPS) is 11.3. The molecule has 0 aliphatic carbocycles. The van der Waals surface area contributed by atoms with Crippen LogP contribution in [0.2, 0.25) is 0 Å². The van der Waals surface area contributed by atoms with Crippen LogP contribution >= 0.6 is 0 Å². The number of aromatic nitrogens is 1. The van der Waals surface area contributed by atoms with Gasteiger partial charge in [0.15, 0.2) is 5.58 Å². The second-order valence-electron chi connectivity index (χ2n) is 15.1. The average molecular weight is 767 g/mol. The lowest BCUT2D eigenvalue weighted by Crippen LogP contribution is -2.11. The summed E-state index contributed by atoms with van der Waals surface area (Å²) in [6.07, 6.45) is 0. The van der Waals surface area contributed by atoms with Crippen molar-refractivity contribution in [2.45, 2.75) is 0 Å². The van der Waals surface area contributed by atoms with Crippen LogP contribution in [0.4, 0.5) is 17.1 Å². The van der Waals surface area contributed by atoms with Gasteiger partial charge in [0, 0.05) is 27.9 Å². The minimum Gasteiger partial charge on any atom is -0.435 e. The third-order valence-electron chi connectivity index (χ3n) is 11.5. The maximum Gasteiger partial charge on any atom is 0.227 e. The van der Waals surface area contributed by atoms with Crippen molar-refractivity contribution >= 4 is 49.7 Å². The zero-order valence-corrected chi connectivity index (χ0v) is 32.7. The summed E-state index contributed by atoms with van der Waals surface area (Å²) >= 11 is 0. The summed E-state index contributed by atoms with van der Waals surface area (Å²) in [4.78, 5) is 7.37. The van der Waals surface area contributed by atoms with E-state index < -0.39 is 0 Å². The number of hydrogen-bond donors (Lipinski definition) is 0. The van der Waals surface area contributed by atoms with Gasteiger partial charge >= 0.3 is 0 Å². The van der Waals surface area contributed by atoms with Crippen LogP contribution in [0.15, 0.2) is 235 Å². The molecule has 3 heteroatoms. The van der Waals surface area contributed by atoms with Crippen molar-refractivity contribution in [2.75, 3.05) is 4.90 Å². The van der Waals surface area contributed by atoms with Gasteiger partial charge in [-0.25, -0.2) is 4.98 Å². The van der Waals surface area contributed by atoms with E-state index in [4.69, 9.17) is 9.40 Å². The van der Waals surface area contributed by atoms with Gasteiger partial charge in [-0.15, -0.1) is 0 Å². The molecule has 11 rings (SSSR count). The Labute approximate surface area is 349 Å². The van der Waals surface area contributed by atoms with Gasteiger partial charge in [0.05, 0.1) is 5.69 Å². The molecule has 0 fully saturated rings. The van der Waals surface area contributed by atoms with Crippen molar-refractivity contribution in [3.8, 4) is 56.0 Å². The molecule has 11 aromatic rings. The fourth-order valence-corrected chi connectivity index (χ4v) is 8.66.